The number of rotatable bonds is 4. The minimum atomic E-state index is -3.54. The first-order chi connectivity index (χ1) is 11.9. The average Bonchev–Trinajstić information content (AvgIpc) is 2.64. The molecule has 6 heteroatoms. The summed E-state index contributed by atoms with van der Waals surface area (Å²) in [5.41, 5.74) is 2.64. The quantitative estimate of drug-likeness (QED) is 0.840. The van der Waals surface area contributed by atoms with E-state index >= 15 is 0 Å². The van der Waals surface area contributed by atoms with Crippen molar-refractivity contribution in [3.05, 3.63) is 59.2 Å². The van der Waals surface area contributed by atoms with Crippen LogP contribution < -0.4 is 4.74 Å². The molecule has 1 heterocycles. The van der Waals surface area contributed by atoms with Crippen LogP contribution >= 0.6 is 0 Å². The standard InChI is InChI=1S/C19H23NO4S/c1-14-4-5-15(2)19(12-14)25(21,22)20-10-11-24-18(13-20)16-6-8-17(23-3)9-7-16/h4-9,12,18H,10-11,13H2,1-3H3. The maximum Gasteiger partial charge on any atom is 0.243 e. The number of benzene rings is 2. The van der Waals surface area contributed by atoms with E-state index < -0.39 is 10.0 Å². The van der Waals surface area contributed by atoms with E-state index in [0.29, 0.717) is 24.6 Å². The lowest BCUT2D eigenvalue weighted by Crippen LogP contribution is -2.42. The Kier molecular flexibility index (Phi) is 5.13. The minimum Gasteiger partial charge on any atom is -0.497 e. The summed E-state index contributed by atoms with van der Waals surface area (Å²) >= 11 is 0. The van der Waals surface area contributed by atoms with Gasteiger partial charge < -0.3 is 9.47 Å². The van der Waals surface area contributed by atoms with E-state index in [9.17, 15) is 8.42 Å². The van der Waals surface area contributed by atoms with E-state index in [-0.39, 0.29) is 6.10 Å². The lowest BCUT2D eigenvalue weighted by Gasteiger charge is -2.32. The van der Waals surface area contributed by atoms with Crippen molar-refractivity contribution in [2.75, 3.05) is 26.8 Å². The van der Waals surface area contributed by atoms with Gasteiger partial charge in [-0.15, -0.1) is 0 Å². The predicted octanol–water partition coefficient (Wildman–Crippen LogP) is 3.07. The van der Waals surface area contributed by atoms with Gasteiger partial charge in [0.05, 0.1) is 24.7 Å². The van der Waals surface area contributed by atoms with Gasteiger partial charge in [0, 0.05) is 13.1 Å². The Morgan fingerprint density at radius 1 is 1.12 bits per heavy atom. The Labute approximate surface area is 149 Å². The van der Waals surface area contributed by atoms with Crippen LogP contribution in [0.3, 0.4) is 0 Å². The van der Waals surface area contributed by atoms with Crippen molar-refractivity contribution in [1.82, 2.24) is 4.31 Å². The molecule has 5 nitrogen and oxygen atoms in total. The molecule has 25 heavy (non-hydrogen) atoms. The fourth-order valence-electron chi connectivity index (χ4n) is 2.99. The summed E-state index contributed by atoms with van der Waals surface area (Å²) in [7, 11) is -1.92. The smallest absolute Gasteiger partial charge is 0.243 e. The highest BCUT2D eigenvalue weighted by Gasteiger charge is 2.32. The van der Waals surface area contributed by atoms with Crippen LogP contribution in [0, 0.1) is 13.8 Å². The molecule has 134 valence electrons. The fraction of sp³-hybridized carbons (Fsp3) is 0.368. The van der Waals surface area contributed by atoms with Gasteiger partial charge in [-0.2, -0.15) is 4.31 Å². The molecule has 1 fully saturated rings. The van der Waals surface area contributed by atoms with Crippen LogP contribution in [0.5, 0.6) is 5.75 Å². The number of sulfonamides is 1. The molecular weight excluding hydrogens is 338 g/mol. The number of ether oxygens (including phenoxy) is 2. The van der Waals surface area contributed by atoms with E-state index in [2.05, 4.69) is 0 Å². The van der Waals surface area contributed by atoms with Gasteiger partial charge in [-0.25, -0.2) is 8.42 Å². The van der Waals surface area contributed by atoms with Crippen molar-refractivity contribution in [2.45, 2.75) is 24.8 Å². The highest BCUT2D eigenvalue weighted by Crippen LogP contribution is 2.29. The van der Waals surface area contributed by atoms with Crippen molar-refractivity contribution in [2.24, 2.45) is 0 Å². The zero-order valence-corrected chi connectivity index (χ0v) is 15.5. The molecule has 0 aromatic heterocycles. The van der Waals surface area contributed by atoms with Crippen LogP contribution in [0.25, 0.3) is 0 Å². The molecule has 1 aliphatic heterocycles. The Balaban J connectivity index is 1.85. The Bertz CT molecular complexity index is 846. The molecule has 2 aromatic carbocycles. The van der Waals surface area contributed by atoms with Gasteiger partial charge in [0.1, 0.15) is 5.75 Å². The highest BCUT2D eigenvalue weighted by atomic mass is 32.2. The fourth-order valence-corrected chi connectivity index (χ4v) is 4.72. The van der Waals surface area contributed by atoms with E-state index in [1.165, 1.54) is 4.31 Å². The van der Waals surface area contributed by atoms with Gasteiger partial charge >= 0.3 is 0 Å². The summed E-state index contributed by atoms with van der Waals surface area (Å²) in [4.78, 5) is 0.378. The Hall–Kier alpha value is -1.89. The second-order valence-corrected chi connectivity index (χ2v) is 8.17. The van der Waals surface area contributed by atoms with Gasteiger partial charge in [-0.05, 0) is 48.7 Å². The molecule has 1 unspecified atom stereocenters. The summed E-state index contributed by atoms with van der Waals surface area (Å²) in [5.74, 6) is 0.763. The molecule has 0 amide bonds. The third-order valence-electron chi connectivity index (χ3n) is 4.48. The van der Waals surface area contributed by atoms with Crippen LogP contribution in [0.2, 0.25) is 0 Å². The molecule has 3 rings (SSSR count). The third-order valence-corrected chi connectivity index (χ3v) is 6.49. The van der Waals surface area contributed by atoms with Crippen molar-refractivity contribution in [1.29, 1.82) is 0 Å². The van der Waals surface area contributed by atoms with Crippen molar-refractivity contribution in [3.63, 3.8) is 0 Å². The second-order valence-electron chi connectivity index (χ2n) is 6.26. The molecule has 1 atom stereocenters. The SMILES string of the molecule is COc1ccc(C2CN(S(=O)(=O)c3cc(C)ccc3C)CCO2)cc1. The van der Waals surface area contributed by atoms with Crippen molar-refractivity contribution in [3.8, 4) is 5.75 Å². The number of methoxy groups -OCH3 is 1. The molecule has 2 aromatic rings. The first-order valence-corrected chi connectivity index (χ1v) is 9.69. The molecule has 0 N–H and O–H groups in total. The largest absolute Gasteiger partial charge is 0.497 e. The first-order valence-electron chi connectivity index (χ1n) is 8.25. The molecule has 0 bridgehead atoms. The number of hydrogen-bond acceptors (Lipinski definition) is 4. The highest BCUT2D eigenvalue weighted by molar-refractivity contribution is 7.89. The number of aryl methyl sites for hydroxylation is 2. The molecule has 1 saturated heterocycles. The topological polar surface area (TPSA) is 55.8 Å². The maximum atomic E-state index is 13.1. The molecule has 0 spiro atoms. The zero-order chi connectivity index (χ0) is 18.0. The molecule has 0 saturated carbocycles. The minimum absolute atomic E-state index is 0.278. The van der Waals surface area contributed by atoms with Gasteiger partial charge in [0.15, 0.2) is 0 Å². The number of hydrogen-bond donors (Lipinski definition) is 0. The van der Waals surface area contributed by atoms with E-state index in [0.717, 1.165) is 22.4 Å². The third kappa shape index (κ3) is 3.71. The summed E-state index contributed by atoms with van der Waals surface area (Å²) in [6, 6.07) is 13.1. The number of nitrogens with zero attached hydrogens (tertiary/aromatic N) is 1. The first kappa shape index (κ1) is 17.9. The van der Waals surface area contributed by atoms with Crippen LogP contribution in [0.1, 0.15) is 22.8 Å². The van der Waals surface area contributed by atoms with Crippen LogP contribution in [-0.4, -0.2) is 39.5 Å². The maximum absolute atomic E-state index is 13.1. The second kappa shape index (κ2) is 7.15. The monoisotopic (exact) mass is 361 g/mol. The lowest BCUT2D eigenvalue weighted by atomic mass is 10.1. The van der Waals surface area contributed by atoms with Gasteiger partial charge in [-0.3, -0.25) is 0 Å². The predicted molar refractivity (Wildman–Crippen MR) is 96.4 cm³/mol. The Morgan fingerprint density at radius 2 is 1.84 bits per heavy atom. The number of morpholine rings is 1. The van der Waals surface area contributed by atoms with Crippen molar-refractivity contribution < 1.29 is 17.9 Å². The van der Waals surface area contributed by atoms with E-state index in [4.69, 9.17) is 9.47 Å². The molecular formula is C19H23NO4S. The van der Waals surface area contributed by atoms with Gasteiger partial charge in [0.25, 0.3) is 0 Å². The zero-order valence-electron chi connectivity index (χ0n) is 14.7. The average molecular weight is 361 g/mol. The Morgan fingerprint density at radius 3 is 2.52 bits per heavy atom. The normalized spacial score (nSPS) is 18.9. The lowest BCUT2D eigenvalue weighted by molar-refractivity contribution is -0.00258. The summed E-state index contributed by atoms with van der Waals surface area (Å²) in [6.45, 7) is 4.77. The molecule has 0 aliphatic carbocycles. The summed E-state index contributed by atoms with van der Waals surface area (Å²) < 4.78 is 38.7. The van der Waals surface area contributed by atoms with Crippen LogP contribution in [0.15, 0.2) is 47.4 Å². The van der Waals surface area contributed by atoms with Gasteiger partial charge in [-0.1, -0.05) is 24.3 Å². The summed E-state index contributed by atoms with van der Waals surface area (Å²) in [6.07, 6.45) is -0.278. The van der Waals surface area contributed by atoms with E-state index in [1.54, 1.807) is 13.2 Å². The van der Waals surface area contributed by atoms with Crippen LogP contribution in [-0.2, 0) is 14.8 Å². The van der Waals surface area contributed by atoms with Gasteiger partial charge in [0.2, 0.25) is 10.0 Å². The molecule has 1 aliphatic rings. The van der Waals surface area contributed by atoms with Crippen molar-refractivity contribution >= 4 is 10.0 Å². The van der Waals surface area contributed by atoms with E-state index in [1.807, 2.05) is 50.2 Å². The molecule has 0 radical (unpaired) electrons. The summed E-state index contributed by atoms with van der Waals surface area (Å²) in [5, 5.41) is 0. The van der Waals surface area contributed by atoms with Crippen LogP contribution in [0.4, 0.5) is 0 Å².